The first-order valence-electron chi connectivity index (χ1n) is 10.5. The second-order valence-electron chi connectivity index (χ2n) is 7.85. The average molecular weight is 440 g/mol. The van der Waals surface area contributed by atoms with Gasteiger partial charge in [-0.3, -0.25) is 14.5 Å². The number of methoxy groups -OCH3 is 1. The zero-order valence-electron chi connectivity index (χ0n) is 18.7. The van der Waals surface area contributed by atoms with Gasteiger partial charge >= 0.3 is 0 Å². The minimum Gasteiger partial charge on any atom is -0.497 e. The lowest BCUT2D eigenvalue weighted by Gasteiger charge is -2.27. The molecule has 2 N–H and O–H groups in total. The summed E-state index contributed by atoms with van der Waals surface area (Å²) in [5.41, 5.74) is 1.48. The molecule has 1 aliphatic heterocycles. The van der Waals surface area contributed by atoms with Gasteiger partial charge in [0.1, 0.15) is 11.4 Å². The number of hydrogen-bond acceptors (Lipinski definition) is 4. The third kappa shape index (κ3) is 4.07. The SMILES string of the molecule is CC#CCN1C(=O)c2ccccc2C(C)(O)c2cc(NC(=O)c3ccc(OC)cc3)ccc21. The van der Waals surface area contributed by atoms with Gasteiger partial charge in [0.05, 0.1) is 19.3 Å². The largest absolute Gasteiger partial charge is 0.497 e. The molecule has 4 rings (SSSR count). The number of nitrogens with zero attached hydrogens (tertiary/aromatic N) is 1. The van der Waals surface area contributed by atoms with Crippen molar-refractivity contribution in [3.05, 3.63) is 89.0 Å². The molecule has 0 saturated carbocycles. The number of fused-ring (bicyclic) bond motifs is 2. The average Bonchev–Trinajstić information content (AvgIpc) is 2.90. The maximum absolute atomic E-state index is 13.4. The van der Waals surface area contributed by atoms with Crippen molar-refractivity contribution in [2.24, 2.45) is 0 Å². The van der Waals surface area contributed by atoms with E-state index in [4.69, 9.17) is 4.74 Å². The number of carbonyl (C=O) groups is 2. The molecule has 0 saturated heterocycles. The molecule has 33 heavy (non-hydrogen) atoms. The molecule has 0 spiro atoms. The zero-order valence-corrected chi connectivity index (χ0v) is 18.7. The van der Waals surface area contributed by atoms with Crippen LogP contribution in [0.2, 0.25) is 0 Å². The molecule has 0 radical (unpaired) electrons. The van der Waals surface area contributed by atoms with E-state index in [2.05, 4.69) is 17.2 Å². The molecule has 1 atom stereocenters. The first-order chi connectivity index (χ1) is 15.9. The van der Waals surface area contributed by atoms with Crippen LogP contribution in [0.5, 0.6) is 5.75 Å². The van der Waals surface area contributed by atoms with Crippen LogP contribution in [0.1, 0.15) is 45.7 Å². The van der Waals surface area contributed by atoms with Gasteiger partial charge in [-0.1, -0.05) is 24.1 Å². The maximum atomic E-state index is 13.4. The Morgan fingerprint density at radius 3 is 2.52 bits per heavy atom. The first kappa shape index (κ1) is 22.1. The van der Waals surface area contributed by atoms with Crippen LogP contribution in [0.25, 0.3) is 0 Å². The highest BCUT2D eigenvalue weighted by atomic mass is 16.5. The van der Waals surface area contributed by atoms with E-state index in [9.17, 15) is 14.7 Å². The van der Waals surface area contributed by atoms with Crippen LogP contribution in [0.15, 0.2) is 66.7 Å². The van der Waals surface area contributed by atoms with Gasteiger partial charge in [0, 0.05) is 27.9 Å². The number of benzene rings is 3. The van der Waals surface area contributed by atoms with Gasteiger partial charge in [-0.2, -0.15) is 0 Å². The quantitative estimate of drug-likeness (QED) is 0.597. The summed E-state index contributed by atoms with van der Waals surface area (Å²) in [7, 11) is 1.56. The van der Waals surface area contributed by atoms with Crippen molar-refractivity contribution >= 4 is 23.2 Å². The number of rotatable bonds is 4. The maximum Gasteiger partial charge on any atom is 0.259 e. The van der Waals surface area contributed by atoms with Crippen LogP contribution in [-0.4, -0.2) is 30.6 Å². The molecule has 1 aliphatic rings. The lowest BCUT2D eigenvalue weighted by molar-refractivity contribution is 0.0955. The van der Waals surface area contributed by atoms with Gasteiger partial charge in [0.25, 0.3) is 11.8 Å². The second kappa shape index (κ2) is 8.81. The van der Waals surface area contributed by atoms with E-state index in [1.807, 2.05) is 0 Å². The van der Waals surface area contributed by atoms with E-state index in [1.54, 1.807) is 92.6 Å². The summed E-state index contributed by atoms with van der Waals surface area (Å²) in [5, 5.41) is 14.5. The Hall–Kier alpha value is -4.08. The van der Waals surface area contributed by atoms with Crippen molar-refractivity contribution in [1.82, 2.24) is 0 Å². The molecule has 6 heteroatoms. The summed E-state index contributed by atoms with van der Waals surface area (Å²) >= 11 is 0. The Balaban J connectivity index is 1.77. The molecule has 0 aromatic heterocycles. The molecule has 2 amide bonds. The monoisotopic (exact) mass is 440 g/mol. The lowest BCUT2D eigenvalue weighted by Crippen LogP contribution is -2.31. The van der Waals surface area contributed by atoms with Gasteiger partial charge < -0.3 is 15.2 Å². The number of hydrogen-bond donors (Lipinski definition) is 2. The van der Waals surface area contributed by atoms with Gasteiger partial charge in [0.15, 0.2) is 0 Å². The Morgan fingerprint density at radius 2 is 1.82 bits per heavy atom. The fraction of sp³-hybridized carbons (Fsp3) is 0.185. The van der Waals surface area contributed by atoms with Crippen LogP contribution in [-0.2, 0) is 5.60 Å². The van der Waals surface area contributed by atoms with E-state index in [0.29, 0.717) is 39.4 Å². The predicted molar refractivity (Wildman–Crippen MR) is 128 cm³/mol. The summed E-state index contributed by atoms with van der Waals surface area (Å²) in [6, 6.07) is 18.9. The fourth-order valence-electron chi connectivity index (χ4n) is 3.99. The molecule has 6 nitrogen and oxygen atoms in total. The van der Waals surface area contributed by atoms with E-state index in [1.165, 1.54) is 0 Å². The predicted octanol–water partition coefficient (Wildman–Crippen LogP) is 4.19. The second-order valence-corrected chi connectivity index (χ2v) is 7.85. The fourth-order valence-corrected chi connectivity index (χ4v) is 3.99. The molecular formula is C27H24N2O4. The van der Waals surface area contributed by atoms with Crippen LogP contribution < -0.4 is 15.0 Å². The third-order valence-electron chi connectivity index (χ3n) is 5.76. The summed E-state index contributed by atoms with van der Waals surface area (Å²) in [6.07, 6.45) is 0. The van der Waals surface area contributed by atoms with E-state index in [-0.39, 0.29) is 18.4 Å². The Labute approximate surface area is 192 Å². The number of anilines is 2. The van der Waals surface area contributed by atoms with E-state index in [0.717, 1.165) is 0 Å². The first-order valence-corrected chi connectivity index (χ1v) is 10.5. The number of amides is 2. The Kier molecular flexibility index (Phi) is 5.91. The summed E-state index contributed by atoms with van der Waals surface area (Å²) in [5.74, 6) is 5.90. The van der Waals surface area contributed by atoms with Crippen molar-refractivity contribution < 1.29 is 19.4 Å². The molecule has 1 heterocycles. The van der Waals surface area contributed by atoms with Crippen molar-refractivity contribution in [1.29, 1.82) is 0 Å². The minimum absolute atomic E-state index is 0.185. The van der Waals surface area contributed by atoms with Crippen LogP contribution in [0.4, 0.5) is 11.4 Å². The van der Waals surface area contributed by atoms with E-state index < -0.39 is 5.60 Å². The van der Waals surface area contributed by atoms with Crippen LogP contribution >= 0.6 is 0 Å². The standard InChI is InChI=1S/C27H24N2O4/c1-4-5-16-29-24-15-12-19(28-25(30)18-10-13-20(33-3)14-11-18)17-23(24)27(2,32)22-9-7-6-8-21(22)26(29)31/h6-15,17,32H,16H2,1-3H3,(H,28,30). The number of carbonyl (C=O) groups excluding carboxylic acids is 2. The number of nitrogens with one attached hydrogen (secondary N) is 1. The smallest absolute Gasteiger partial charge is 0.259 e. The zero-order chi connectivity index (χ0) is 23.6. The Bertz CT molecular complexity index is 1280. The van der Waals surface area contributed by atoms with Gasteiger partial charge in [-0.15, -0.1) is 5.92 Å². The van der Waals surface area contributed by atoms with Gasteiger partial charge in [-0.25, -0.2) is 0 Å². The molecule has 3 aromatic rings. The number of ether oxygens (including phenoxy) is 1. The molecule has 3 aromatic carbocycles. The van der Waals surface area contributed by atoms with Crippen molar-refractivity contribution in [3.8, 4) is 17.6 Å². The normalized spacial score (nSPS) is 16.6. The highest BCUT2D eigenvalue weighted by Crippen LogP contribution is 2.42. The molecular weight excluding hydrogens is 416 g/mol. The summed E-state index contributed by atoms with van der Waals surface area (Å²) < 4.78 is 5.14. The minimum atomic E-state index is -1.46. The lowest BCUT2D eigenvalue weighted by atomic mass is 9.85. The third-order valence-corrected chi connectivity index (χ3v) is 5.76. The van der Waals surface area contributed by atoms with Crippen LogP contribution in [0, 0.1) is 11.8 Å². The van der Waals surface area contributed by atoms with E-state index >= 15 is 0 Å². The van der Waals surface area contributed by atoms with Crippen molar-refractivity contribution in [2.45, 2.75) is 19.4 Å². The van der Waals surface area contributed by atoms with Crippen LogP contribution in [0.3, 0.4) is 0 Å². The van der Waals surface area contributed by atoms with Crippen molar-refractivity contribution in [2.75, 3.05) is 23.9 Å². The van der Waals surface area contributed by atoms with Gasteiger partial charge in [-0.05, 0) is 62.4 Å². The molecule has 166 valence electrons. The summed E-state index contributed by atoms with van der Waals surface area (Å²) in [6.45, 7) is 3.55. The highest BCUT2D eigenvalue weighted by Gasteiger charge is 2.38. The molecule has 0 bridgehead atoms. The van der Waals surface area contributed by atoms with Crippen molar-refractivity contribution in [3.63, 3.8) is 0 Å². The molecule has 1 unspecified atom stereocenters. The Morgan fingerprint density at radius 1 is 1.09 bits per heavy atom. The van der Waals surface area contributed by atoms with Gasteiger partial charge in [0.2, 0.25) is 0 Å². The topological polar surface area (TPSA) is 78.9 Å². The molecule has 0 aliphatic carbocycles. The number of aliphatic hydroxyl groups is 1. The molecule has 0 fully saturated rings. The summed E-state index contributed by atoms with van der Waals surface area (Å²) in [4.78, 5) is 27.7. The highest BCUT2D eigenvalue weighted by molar-refractivity contribution is 6.10.